The largest absolute Gasteiger partial charge is 0.466 e. The van der Waals surface area contributed by atoms with E-state index in [0.29, 0.717) is 17.5 Å². The minimum Gasteiger partial charge on any atom is -0.466 e. The molecule has 4 rings (SSSR count). The second-order valence-corrected chi connectivity index (χ2v) is 8.00. The number of nitrogen functional groups attached to an aromatic ring is 1. The van der Waals surface area contributed by atoms with Crippen LogP contribution >= 0.6 is 0 Å². The number of ether oxygens (including phenoxy) is 1. The predicted molar refractivity (Wildman–Crippen MR) is 106 cm³/mol. The topological polar surface area (TPSA) is 61.0 Å². The number of hydrogen-bond donors (Lipinski definition) is 1. The maximum atomic E-state index is 6.20. The molecule has 1 aromatic carbocycles. The van der Waals surface area contributed by atoms with E-state index in [1.54, 1.807) is 0 Å². The van der Waals surface area contributed by atoms with Crippen molar-refractivity contribution in [3.05, 3.63) is 46.8 Å². The number of nitrogens with zero attached hydrogens (tertiary/aromatic N) is 2. The van der Waals surface area contributed by atoms with Crippen molar-refractivity contribution in [2.45, 2.75) is 64.4 Å². The fourth-order valence-corrected chi connectivity index (χ4v) is 4.21. The van der Waals surface area contributed by atoms with E-state index in [1.165, 1.54) is 43.2 Å². The van der Waals surface area contributed by atoms with Gasteiger partial charge in [0.25, 0.3) is 0 Å². The molecule has 1 aromatic heterocycles. The molecule has 136 valence electrons. The Morgan fingerprint density at radius 3 is 2.42 bits per heavy atom. The van der Waals surface area contributed by atoms with Crippen LogP contribution in [0.2, 0.25) is 0 Å². The molecule has 2 aromatic rings. The van der Waals surface area contributed by atoms with Gasteiger partial charge in [-0.15, -0.1) is 0 Å². The number of anilines is 1. The van der Waals surface area contributed by atoms with Gasteiger partial charge in [-0.25, -0.2) is 4.98 Å². The molecule has 4 heteroatoms. The summed E-state index contributed by atoms with van der Waals surface area (Å²) in [7, 11) is 0. The van der Waals surface area contributed by atoms with Gasteiger partial charge >= 0.3 is 0 Å². The van der Waals surface area contributed by atoms with E-state index in [0.717, 1.165) is 17.1 Å². The summed E-state index contributed by atoms with van der Waals surface area (Å²) in [5.41, 5.74) is 10.2. The first-order chi connectivity index (χ1) is 12.4. The van der Waals surface area contributed by atoms with Crippen LogP contribution in [-0.4, -0.2) is 15.6 Å². The minimum absolute atomic E-state index is 0.466. The van der Waals surface area contributed by atoms with Crippen LogP contribution in [0, 0.1) is 6.92 Å². The van der Waals surface area contributed by atoms with Crippen molar-refractivity contribution in [1.29, 1.82) is 0 Å². The highest BCUT2D eigenvalue weighted by molar-refractivity contribution is 5.91. The van der Waals surface area contributed by atoms with E-state index in [2.05, 4.69) is 54.2 Å². The summed E-state index contributed by atoms with van der Waals surface area (Å²) in [6, 6.07) is 9.01. The Morgan fingerprint density at radius 1 is 1.04 bits per heavy atom. The molecule has 0 amide bonds. The van der Waals surface area contributed by atoms with Gasteiger partial charge in [0.05, 0.1) is 5.56 Å². The third-order valence-electron chi connectivity index (χ3n) is 5.64. The number of hydrogen-bond acceptors (Lipinski definition) is 4. The van der Waals surface area contributed by atoms with E-state index in [9.17, 15) is 0 Å². The molecule has 0 atom stereocenters. The summed E-state index contributed by atoms with van der Waals surface area (Å²) in [6.07, 6.45) is 8.81. The van der Waals surface area contributed by atoms with Gasteiger partial charge in [0.1, 0.15) is 17.2 Å². The molecule has 2 N–H and O–H groups in total. The van der Waals surface area contributed by atoms with E-state index < -0.39 is 5.60 Å². The molecule has 2 aliphatic rings. The van der Waals surface area contributed by atoms with E-state index >= 15 is 0 Å². The van der Waals surface area contributed by atoms with Crippen molar-refractivity contribution in [3.63, 3.8) is 0 Å². The van der Waals surface area contributed by atoms with E-state index in [-0.39, 0.29) is 0 Å². The molecule has 0 radical (unpaired) electrons. The standard InChI is InChI=1S/C22H27N3O/c1-14-24-20(23)18-13-19(22(2,3)26-21(18)25-14)17-11-9-16(10-12-17)15-7-5-4-6-8-15/h9-13,15H,4-8H2,1-3H3,(H2,23,24,25). The van der Waals surface area contributed by atoms with Gasteiger partial charge < -0.3 is 10.5 Å². The Bertz CT molecular complexity index is 846. The van der Waals surface area contributed by atoms with Crippen molar-refractivity contribution in [2.75, 3.05) is 5.73 Å². The van der Waals surface area contributed by atoms with Gasteiger partial charge in [-0.2, -0.15) is 4.98 Å². The fraction of sp³-hybridized carbons (Fsp3) is 0.455. The van der Waals surface area contributed by atoms with Gasteiger partial charge in [-0.1, -0.05) is 43.5 Å². The molecule has 1 aliphatic carbocycles. The summed E-state index contributed by atoms with van der Waals surface area (Å²) in [4.78, 5) is 8.70. The highest BCUT2D eigenvalue weighted by atomic mass is 16.5. The summed E-state index contributed by atoms with van der Waals surface area (Å²) in [5.74, 6) is 2.39. The first-order valence-corrected chi connectivity index (χ1v) is 9.60. The lowest BCUT2D eigenvalue weighted by molar-refractivity contribution is 0.161. The zero-order chi connectivity index (χ0) is 18.3. The molecule has 0 bridgehead atoms. The maximum Gasteiger partial charge on any atom is 0.227 e. The SMILES string of the molecule is Cc1nc(N)c2c(n1)OC(C)(C)C(c1ccc(C3CCCCC3)cc1)=C2. The number of aryl methyl sites for hydroxylation is 1. The molecular formula is C22H27N3O. The lowest BCUT2D eigenvalue weighted by atomic mass is 9.82. The van der Waals surface area contributed by atoms with Crippen LogP contribution in [0.15, 0.2) is 24.3 Å². The van der Waals surface area contributed by atoms with Gasteiger partial charge in [-0.3, -0.25) is 0 Å². The first kappa shape index (κ1) is 17.1. The molecule has 0 unspecified atom stereocenters. The lowest BCUT2D eigenvalue weighted by Gasteiger charge is -2.34. The average molecular weight is 349 g/mol. The monoisotopic (exact) mass is 349 g/mol. The third kappa shape index (κ3) is 3.09. The molecule has 26 heavy (non-hydrogen) atoms. The van der Waals surface area contributed by atoms with Crippen LogP contribution in [0.25, 0.3) is 11.6 Å². The average Bonchev–Trinajstić information content (AvgIpc) is 2.61. The molecule has 1 aliphatic heterocycles. The maximum absolute atomic E-state index is 6.20. The summed E-state index contributed by atoms with van der Waals surface area (Å²) in [6.45, 7) is 5.98. The predicted octanol–water partition coefficient (Wildman–Crippen LogP) is 5.13. The van der Waals surface area contributed by atoms with Crippen molar-refractivity contribution in [1.82, 2.24) is 9.97 Å². The van der Waals surface area contributed by atoms with Crippen molar-refractivity contribution in [2.24, 2.45) is 0 Å². The van der Waals surface area contributed by atoms with Crippen LogP contribution in [0.4, 0.5) is 5.82 Å². The number of nitrogens with two attached hydrogens (primary N) is 1. The highest BCUT2D eigenvalue weighted by Crippen LogP contribution is 2.41. The molecule has 0 saturated heterocycles. The van der Waals surface area contributed by atoms with Crippen LogP contribution in [0.5, 0.6) is 5.88 Å². The first-order valence-electron chi connectivity index (χ1n) is 9.60. The fourth-order valence-electron chi connectivity index (χ4n) is 4.21. The summed E-state index contributed by atoms with van der Waals surface area (Å²) in [5, 5.41) is 0. The Labute approximate surface area is 155 Å². The number of aromatic nitrogens is 2. The van der Waals surface area contributed by atoms with E-state index in [1.807, 2.05) is 6.92 Å². The molecule has 4 nitrogen and oxygen atoms in total. The van der Waals surface area contributed by atoms with Crippen LogP contribution in [-0.2, 0) is 0 Å². The lowest BCUT2D eigenvalue weighted by Crippen LogP contribution is -2.33. The molecule has 1 fully saturated rings. The van der Waals surface area contributed by atoms with Crippen molar-refractivity contribution < 1.29 is 4.74 Å². The van der Waals surface area contributed by atoms with Gasteiger partial charge in [-0.05, 0) is 56.7 Å². The Balaban J connectivity index is 1.70. The van der Waals surface area contributed by atoms with Crippen molar-refractivity contribution in [3.8, 4) is 5.88 Å². The summed E-state index contributed by atoms with van der Waals surface area (Å²) < 4.78 is 6.20. The second kappa shape index (κ2) is 6.42. The molecule has 0 spiro atoms. The third-order valence-corrected chi connectivity index (χ3v) is 5.64. The van der Waals surface area contributed by atoms with Gasteiger partial charge in [0.15, 0.2) is 0 Å². The zero-order valence-electron chi connectivity index (χ0n) is 15.9. The molecule has 2 heterocycles. The van der Waals surface area contributed by atoms with Gasteiger partial charge in [0, 0.05) is 5.57 Å². The second-order valence-electron chi connectivity index (χ2n) is 8.00. The van der Waals surface area contributed by atoms with Gasteiger partial charge in [0.2, 0.25) is 5.88 Å². The van der Waals surface area contributed by atoms with Crippen molar-refractivity contribution >= 4 is 17.5 Å². The molecule has 1 saturated carbocycles. The van der Waals surface area contributed by atoms with Crippen LogP contribution < -0.4 is 10.5 Å². The Kier molecular flexibility index (Phi) is 4.22. The van der Waals surface area contributed by atoms with Crippen LogP contribution in [0.3, 0.4) is 0 Å². The normalized spacial score (nSPS) is 19.4. The summed E-state index contributed by atoms with van der Waals surface area (Å²) >= 11 is 0. The number of benzene rings is 1. The minimum atomic E-state index is -0.466. The molecular weight excluding hydrogens is 322 g/mol. The highest BCUT2D eigenvalue weighted by Gasteiger charge is 2.33. The quantitative estimate of drug-likeness (QED) is 0.817. The zero-order valence-corrected chi connectivity index (χ0v) is 15.9. The van der Waals surface area contributed by atoms with Crippen LogP contribution in [0.1, 0.15) is 74.4 Å². The Hall–Kier alpha value is -2.36. The van der Waals surface area contributed by atoms with E-state index in [4.69, 9.17) is 10.5 Å². The number of rotatable bonds is 2. The number of fused-ring (bicyclic) bond motifs is 1. The smallest absolute Gasteiger partial charge is 0.227 e. The Morgan fingerprint density at radius 2 is 1.73 bits per heavy atom.